The lowest BCUT2D eigenvalue weighted by atomic mass is 10.1. The number of hydrogen-bond acceptors (Lipinski definition) is 4. The van der Waals surface area contributed by atoms with Crippen molar-refractivity contribution in [3.05, 3.63) is 68.9 Å². The maximum atomic E-state index is 13.9. The smallest absolute Gasteiger partial charge is 0.267 e. The van der Waals surface area contributed by atoms with Crippen molar-refractivity contribution in [3.8, 4) is 5.69 Å². The van der Waals surface area contributed by atoms with Gasteiger partial charge in [-0.25, -0.2) is 9.37 Å². The second-order valence-corrected chi connectivity index (χ2v) is 6.84. The minimum atomic E-state index is -0.506. The second-order valence-electron chi connectivity index (χ2n) is 6.05. The summed E-state index contributed by atoms with van der Waals surface area (Å²) in [5.74, 6) is 0.00642. The highest BCUT2D eigenvalue weighted by Gasteiger charge is 2.29. The van der Waals surface area contributed by atoms with E-state index in [9.17, 15) is 14.3 Å². The lowest BCUT2D eigenvalue weighted by Crippen LogP contribution is -2.29. The molecule has 0 saturated carbocycles. The Morgan fingerprint density at radius 3 is 2.68 bits per heavy atom. The van der Waals surface area contributed by atoms with Crippen molar-refractivity contribution >= 4 is 26.8 Å². The molecule has 2 heterocycles. The molecule has 2 atom stereocenters. The van der Waals surface area contributed by atoms with E-state index in [1.165, 1.54) is 16.7 Å². The molecule has 1 aliphatic rings. The van der Waals surface area contributed by atoms with Crippen LogP contribution >= 0.6 is 15.9 Å². The number of hydrogen-bond donors (Lipinski definition) is 2. The molecule has 3 aromatic rings. The Hall–Kier alpha value is -2.09. The Morgan fingerprint density at radius 2 is 2.00 bits per heavy atom. The first kappa shape index (κ1) is 16.4. The molecule has 2 N–H and O–H groups in total. The van der Waals surface area contributed by atoms with Gasteiger partial charge in [0.05, 0.1) is 33.2 Å². The molecule has 1 aliphatic heterocycles. The number of rotatable bonds is 2. The molecule has 25 heavy (non-hydrogen) atoms. The van der Waals surface area contributed by atoms with Crippen LogP contribution in [0.1, 0.15) is 18.3 Å². The monoisotopic (exact) mass is 403 g/mol. The van der Waals surface area contributed by atoms with Crippen molar-refractivity contribution in [2.24, 2.45) is 0 Å². The molecule has 4 rings (SSSR count). The van der Waals surface area contributed by atoms with Crippen molar-refractivity contribution < 1.29 is 9.50 Å². The standard InChI is InChI=1S/C18H15BrFN3O2/c19-16-12(20)6-7-13-15(16)18(25)23(10-4-2-1-3-5-10)17(22-13)14-8-11(24)9-21-14/h1-7,11,14,21,24H,8-9H2/t11-,14-/m0/s1. The van der Waals surface area contributed by atoms with Gasteiger partial charge in [-0.05, 0) is 46.6 Å². The molecule has 1 aromatic heterocycles. The van der Waals surface area contributed by atoms with Gasteiger partial charge in [-0.1, -0.05) is 18.2 Å². The molecule has 128 valence electrons. The molecule has 0 amide bonds. The summed E-state index contributed by atoms with van der Waals surface area (Å²) in [6, 6.07) is 11.6. The van der Waals surface area contributed by atoms with Crippen LogP contribution in [0.4, 0.5) is 4.39 Å². The van der Waals surface area contributed by atoms with Crippen molar-refractivity contribution in [1.82, 2.24) is 14.9 Å². The predicted octanol–water partition coefficient (Wildman–Crippen LogP) is 2.68. The minimum Gasteiger partial charge on any atom is -0.392 e. The van der Waals surface area contributed by atoms with E-state index in [-0.39, 0.29) is 21.5 Å². The van der Waals surface area contributed by atoms with E-state index in [4.69, 9.17) is 0 Å². The fourth-order valence-corrected chi connectivity index (χ4v) is 3.71. The molecule has 5 nitrogen and oxygen atoms in total. The first-order valence-corrected chi connectivity index (χ1v) is 8.73. The number of nitrogens with zero attached hydrogens (tertiary/aromatic N) is 2. The van der Waals surface area contributed by atoms with Gasteiger partial charge in [0, 0.05) is 6.54 Å². The van der Waals surface area contributed by atoms with Gasteiger partial charge in [0.15, 0.2) is 0 Å². The van der Waals surface area contributed by atoms with Gasteiger partial charge in [0.25, 0.3) is 5.56 Å². The number of nitrogens with one attached hydrogen (secondary N) is 1. The largest absolute Gasteiger partial charge is 0.392 e. The summed E-state index contributed by atoms with van der Waals surface area (Å²) in [7, 11) is 0. The lowest BCUT2D eigenvalue weighted by Gasteiger charge is -2.18. The van der Waals surface area contributed by atoms with Crippen molar-refractivity contribution in [1.29, 1.82) is 0 Å². The first-order chi connectivity index (χ1) is 12.1. The number of aliphatic hydroxyl groups excluding tert-OH is 1. The van der Waals surface area contributed by atoms with Crippen LogP contribution in [0.2, 0.25) is 0 Å². The number of β-amino-alcohol motifs (C(OH)–C–C–N with tert-alkyl or cyclic N) is 1. The van der Waals surface area contributed by atoms with Crippen molar-refractivity contribution in [3.63, 3.8) is 0 Å². The third-order valence-electron chi connectivity index (χ3n) is 4.39. The van der Waals surface area contributed by atoms with Crippen LogP contribution in [0.15, 0.2) is 51.7 Å². The predicted molar refractivity (Wildman–Crippen MR) is 96.4 cm³/mol. The average Bonchev–Trinajstić information content (AvgIpc) is 3.05. The zero-order valence-corrected chi connectivity index (χ0v) is 14.7. The molecule has 0 radical (unpaired) electrons. The Morgan fingerprint density at radius 1 is 1.24 bits per heavy atom. The molecule has 0 aliphatic carbocycles. The van der Waals surface area contributed by atoms with E-state index >= 15 is 0 Å². The summed E-state index contributed by atoms with van der Waals surface area (Å²) in [5.41, 5.74) is 0.723. The molecule has 1 fully saturated rings. The summed E-state index contributed by atoms with van der Waals surface area (Å²) < 4.78 is 15.5. The van der Waals surface area contributed by atoms with Gasteiger partial charge in [0.1, 0.15) is 11.6 Å². The zero-order valence-electron chi connectivity index (χ0n) is 13.1. The Balaban J connectivity index is 2.06. The quantitative estimate of drug-likeness (QED) is 0.690. The van der Waals surface area contributed by atoms with E-state index in [1.54, 1.807) is 12.1 Å². The molecule has 0 spiro atoms. The Bertz CT molecular complexity index is 1010. The molecular weight excluding hydrogens is 389 g/mol. The van der Waals surface area contributed by atoms with Gasteiger partial charge in [-0.3, -0.25) is 9.36 Å². The highest BCUT2D eigenvalue weighted by atomic mass is 79.9. The Labute approximate surface area is 151 Å². The molecule has 0 bridgehead atoms. The summed E-state index contributed by atoms with van der Waals surface area (Å²) in [5, 5.41) is 13.2. The lowest BCUT2D eigenvalue weighted by molar-refractivity contribution is 0.193. The first-order valence-electron chi connectivity index (χ1n) is 7.94. The van der Waals surface area contributed by atoms with Crippen molar-refractivity contribution in [2.75, 3.05) is 6.54 Å². The summed E-state index contributed by atoms with van der Waals surface area (Å²) in [4.78, 5) is 17.8. The van der Waals surface area contributed by atoms with Crippen LogP contribution < -0.4 is 10.9 Å². The normalized spacial score (nSPS) is 20.3. The van der Waals surface area contributed by atoms with Crippen LogP contribution in [0, 0.1) is 5.82 Å². The Kier molecular flexibility index (Phi) is 4.15. The van der Waals surface area contributed by atoms with Crippen molar-refractivity contribution in [2.45, 2.75) is 18.6 Å². The maximum absolute atomic E-state index is 13.9. The highest BCUT2D eigenvalue weighted by molar-refractivity contribution is 9.10. The van der Waals surface area contributed by atoms with Crippen LogP contribution in [0.3, 0.4) is 0 Å². The van der Waals surface area contributed by atoms with E-state index in [2.05, 4.69) is 26.2 Å². The third-order valence-corrected chi connectivity index (χ3v) is 5.16. The SMILES string of the molecule is O=c1c2c(Br)c(F)ccc2nc([C@@H]2C[C@H](O)CN2)n1-c1ccccc1. The summed E-state index contributed by atoms with van der Waals surface area (Å²) in [6.07, 6.45) is -0.0190. The van der Waals surface area contributed by atoms with Crippen LogP contribution in [-0.4, -0.2) is 27.3 Å². The van der Waals surface area contributed by atoms with Crippen LogP contribution in [-0.2, 0) is 0 Å². The molecule has 1 saturated heterocycles. The number of halogens is 2. The highest BCUT2D eigenvalue weighted by Crippen LogP contribution is 2.28. The molecular formula is C18H15BrFN3O2. The van der Waals surface area contributed by atoms with Gasteiger partial charge < -0.3 is 10.4 Å². The second kappa shape index (κ2) is 6.33. The number of benzene rings is 2. The van der Waals surface area contributed by atoms with E-state index in [1.807, 2.05) is 18.2 Å². The molecule has 2 aromatic carbocycles. The third kappa shape index (κ3) is 2.78. The van der Waals surface area contributed by atoms with Crippen LogP contribution in [0.5, 0.6) is 0 Å². The van der Waals surface area contributed by atoms with Gasteiger partial charge >= 0.3 is 0 Å². The number of para-hydroxylation sites is 1. The van der Waals surface area contributed by atoms with Crippen LogP contribution in [0.25, 0.3) is 16.6 Å². The number of aliphatic hydroxyl groups is 1. The zero-order chi connectivity index (χ0) is 17.6. The van der Waals surface area contributed by atoms with Gasteiger partial charge in [0.2, 0.25) is 0 Å². The van der Waals surface area contributed by atoms with E-state index in [0.717, 1.165) is 0 Å². The summed E-state index contributed by atoms with van der Waals surface area (Å²) in [6.45, 7) is 0.445. The summed E-state index contributed by atoms with van der Waals surface area (Å²) >= 11 is 3.17. The van der Waals surface area contributed by atoms with Gasteiger partial charge in [-0.2, -0.15) is 0 Å². The molecule has 7 heteroatoms. The fraction of sp³-hybridized carbons (Fsp3) is 0.222. The fourth-order valence-electron chi connectivity index (χ4n) is 3.20. The number of fused-ring (bicyclic) bond motifs is 1. The minimum absolute atomic E-state index is 0.109. The average molecular weight is 404 g/mol. The van der Waals surface area contributed by atoms with Gasteiger partial charge in [-0.15, -0.1) is 0 Å². The van der Waals surface area contributed by atoms with E-state index in [0.29, 0.717) is 30.0 Å². The topological polar surface area (TPSA) is 67.2 Å². The number of aromatic nitrogens is 2. The maximum Gasteiger partial charge on any atom is 0.267 e. The molecule has 0 unspecified atom stereocenters. The van der Waals surface area contributed by atoms with E-state index < -0.39 is 11.9 Å².